The second kappa shape index (κ2) is 3.65. The van der Waals surface area contributed by atoms with Gasteiger partial charge in [0.25, 0.3) is 0 Å². The molecule has 0 saturated carbocycles. The van der Waals surface area contributed by atoms with Gasteiger partial charge in [0.05, 0.1) is 0 Å². The number of rotatable bonds is 3. The fourth-order valence-electron chi connectivity index (χ4n) is 0.680. The first-order chi connectivity index (χ1) is 4.84. The monoisotopic (exact) mass is 158 g/mol. The van der Waals surface area contributed by atoms with Crippen molar-refractivity contribution in [3.63, 3.8) is 0 Å². The van der Waals surface area contributed by atoms with Crippen LogP contribution in [0.2, 0.25) is 0 Å². The van der Waals surface area contributed by atoms with Gasteiger partial charge in [-0.05, 0) is 7.05 Å². The largest absolute Gasteiger partial charge is 0.385 e. The summed E-state index contributed by atoms with van der Waals surface area (Å²) in [5.41, 5.74) is 0. The molecule has 10 heavy (non-hydrogen) atoms. The molecule has 1 atom stereocenters. The lowest BCUT2D eigenvalue weighted by molar-refractivity contribution is 0.177. The highest BCUT2D eigenvalue weighted by Gasteiger charge is 2.06. The van der Waals surface area contributed by atoms with Gasteiger partial charge in [0.15, 0.2) is 0 Å². The number of nitrogens with zero attached hydrogens (tertiary/aromatic N) is 1. The number of aromatic nitrogens is 1. The van der Waals surface area contributed by atoms with Gasteiger partial charge in [-0.1, -0.05) is 0 Å². The van der Waals surface area contributed by atoms with Crippen LogP contribution in [0.3, 0.4) is 0 Å². The van der Waals surface area contributed by atoms with E-state index >= 15 is 0 Å². The van der Waals surface area contributed by atoms with Crippen molar-refractivity contribution in [1.29, 1.82) is 0 Å². The molecule has 1 unspecified atom stereocenters. The molecule has 0 amide bonds. The lowest BCUT2D eigenvalue weighted by Gasteiger charge is -2.04. The normalized spacial score (nSPS) is 13.4. The van der Waals surface area contributed by atoms with Crippen molar-refractivity contribution in [2.24, 2.45) is 0 Å². The summed E-state index contributed by atoms with van der Waals surface area (Å²) in [6.07, 6.45) is 1.24. The number of likely N-dealkylation sites (N-methyl/N-ethyl adjacent to an activating group) is 1. The molecule has 2 N–H and O–H groups in total. The predicted molar refractivity (Wildman–Crippen MR) is 41.0 cm³/mol. The van der Waals surface area contributed by atoms with E-state index in [1.807, 2.05) is 5.38 Å². The lowest BCUT2D eigenvalue weighted by atomic mass is 10.4. The van der Waals surface area contributed by atoms with E-state index < -0.39 is 6.10 Å². The van der Waals surface area contributed by atoms with Crippen molar-refractivity contribution >= 4 is 11.3 Å². The molecule has 0 aromatic carbocycles. The molecule has 0 bridgehead atoms. The van der Waals surface area contributed by atoms with E-state index in [0.717, 1.165) is 5.01 Å². The standard InChI is InChI=1S/C6H10N2OS/c1-7-4-5(9)6-8-2-3-10-6/h2-3,5,7,9H,4H2,1H3. The van der Waals surface area contributed by atoms with Gasteiger partial charge in [-0.25, -0.2) is 4.98 Å². The van der Waals surface area contributed by atoms with Crippen LogP contribution < -0.4 is 5.32 Å². The van der Waals surface area contributed by atoms with Crippen LogP contribution in [0, 0.1) is 0 Å². The molecule has 1 heterocycles. The molecular formula is C6H10N2OS. The minimum absolute atomic E-state index is 0.454. The van der Waals surface area contributed by atoms with Crippen LogP contribution in [0.25, 0.3) is 0 Å². The van der Waals surface area contributed by atoms with E-state index in [1.54, 1.807) is 13.2 Å². The first kappa shape index (κ1) is 7.65. The molecule has 0 aliphatic heterocycles. The van der Waals surface area contributed by atoms with Crippen molar-refractivity contribution < 1.29 is 5.11 Å². The van der Waals surface area contributed by atoms with Crippen LogP contribution in [0.4, 0.5) is 0 Å². The third-order valence-corrected chi connectivity index (χ3v) is 2.01. The maximum Gasteiger partial charge on any atom is 0.122 e. The van der Waals surface area contributed by atoms with Crippen molar-refractivity contribution in [1.82, 2.24) is 10.3 Å². The lowest BCUT2D eigenvalue weighted by Crippen LogP contribution is -2.16. The maximum atomic E-state index is 9.29. The van der Waals surface area contributed by atoms with Crippen LogP contribution in [0.1, 0.15) is 11.1 Å². The minimum atomic E-state index is -0.454. The van der Waals surface area contributed by atoms with Crippen molar-refractivity contribution in [2.75, 3.05) is 13.6 Å². The summed E-state index contributed by atoms with van der Waals surface area (Å²) in [4.78, 5) is 3.96. The Hall–Kier alpha value is -0.450. The zero-order valence-corrected chi connectivity index (χ0v) is 6.56. The second-order valence-electron chi connectivity index (χ2n) is 1.94. The number of nitrogens with one attached hydrogen (secondary N) is 1. The molecule has 0 saturated heterocycles. The third kappa shape index (κ3) is 1.76. The molecule has 0 aliphatic carbocycles. The van der Waals surface area contributed by atoms with Crippen molar-refractivity contribution in [3.8, 4) is 0 Å². The van der Waals surface area contributed by atoms with Crippen molar-refractivity contribution in [3.05, 3.63) is 16.6 Å². The summed E-state index contributed by atoms with van der Waals surface area (Å²) < 4.78 is 0. The molecule has 3 nitrogen and oxygen atoms in total. The summed E-state index contributed by atoms with van der Waals surface area (Å²) in [5.74, 6) is 0. The highest BCUT2D eigenvalue weighted by Crippen LogP contribution is 2.13. The zero-order chi connectivity index (χ0) is 7.40. The fourth-order valence-corrected chi connectivity index (χ4v) is 1.30. The van der Waals surface area contributed by atoms with Gasteiger partial charge in [-0.15, -0.1) is 11.3 Å². The highest BCUT2D eigenvalue weighted by atomic mass is 32.1. The first-order valence-electron chi connectivity index (χ1n) is 3.06. The Morgan fingerprint density at radius 2 is 2.70 bits per heavy atom. The van der Waals surface area contributed by atoms with Gasteiger partial charge in [0, 0.05) is 18.1 Å². The van der Waals surface area contributed by atoms with Crippen LogP contribution in [0.15, 0.2) is 11.6 Å². The Morgan fingerprint density at radius 1 is 1.90 bits per heavy atom. The Balaban J connectivity index is 2.50. The van der Waals surface area contributed by atoms with E-state index in [2.05, 4.69) is 10.3 Å². The molecule has 0 spiro atoms. The molecule has 4 heteroatoms. The van der Waals surface area contributed by atoms with Gasteiger partial charge in [-0.3, -0.25) is 0 Å². The third-order valence-electron chi connectivity index (χ3n) is 1.13. The average Bonchev–Trinajstić information content (AvgIpc) is 2.38. The fraction of sp³-hybridized carbons (Fsp3) is 0.500. The van der Waals surface area contributed by atoms with E-state index in [1.165, 1.54) is 11.3 Å². The Bertz CT molecular complexity index is 176. The van der Waals surface area contributed by atoms with Crippen molar-refractivity contribution in [2.45, 2.75) is 6.10 Å². The molecule has 1 rings (SSSR count). The Kier molecular flexibility index (Phi) is 2.80. The topological polar surface area (TPSA) is 45.1 Å². The highest BCUT2D eigenvalue weighted by molar-refractivity contribution is 7.09. The number of hydrogen-bond acceptors (Lipinski definition) is 4. The molecule has 56 valence electrons. The summed E-state index contributed by atoms with van der Waals surface area (Å²) >= 11 is 1.47. The van der Waals surface area contributed by atoms with E-state index in [-0.39, 0.29) is 0 Å². The van der Waals surface area contributed by atoms with Gasteiger partial charge in [-0.2, -0.15) is 0 Å². The smallest absolute Gasteiger partial charge is 0.122 e. The first-order valence-corrected chi connectivity index (χ1v) is 3.94. The van der Waals surface area contributed by atoms with Gasteiger partial charge in [0.2, 0.25) is 0 Å². The number of hydrogen-bond donors (Lipinski definition) is 2. The van der Waals surface area contributed by atoms with Gasteiger partial charge in [0.1, 0.15) is 11.1 Å². The van der Waals surface area contributed by atoms with Crippen LogP contribution >= 0.6 is 11.3 Å². The predicted octanol–water partition coefficient (Wildman–Crippen LogP) is 0.396. The SMILES string of the molecule is CNCC(O)c1nccs1. The van der Waals surface area contributed by atoms with Gasteiger partial charge >= 0.3 is 0 Å². The molecule has 1 aromatic heterocycles. The molecule has 1 aromatic rings. The van der Waals surface area contributed by atoms with Crippen LogP contribution in [-0.4, -0.2) is 23.7 Å². The quantitative estimate of drug-likeness (QED) is 0.669. The summed E-state index contributed by atoms with van der Waals surface area (Å²) in [6, 6.07) is 0. The van der Waals surface area contributed by atoms with E-state index in [0.29, 0.717) is 6.54 Å². The molecule has 0 radical (unpaired) electrons. The Morgan fingerprint density at radius 3 is 3.20 bits per heavy atom. The van der Waals surface area contributed by atoms with Crippen LogP contribution in [-0.2, 0) is 0 Å². The minimum Gasteiger partial charge on any atom is -0.385 e. The number of thiazole rings is 1. The van der Waals surface area contributed by atoms with E-state index in [9.17, 15) is 5.11 Å². The molecule has 0 fully saturated rings. The second-order valence-corrected chi connectivity index (χ2v) is 2.87. The summed E-state index contributed by atoms with van der Waals surface area (Å²) in [5, 5.41) is 14.8. The maximum absolute atomic E-state index is 9.29. The summed E-state index contributed by atoms with van der Waals surface area (Å²) in [6.45, 7) is 0.563. The van der Waals surface area contributed by atoms with E-state index in [4.69, 9.17) is 0 Å². The number of aliphatic hydroxyl groups is 1. The molecular weight excluding hydrogens is 148 g/mol. The summed E-state index contributed by atoms with van der Waals surface area (Å²) in [7, 11) is 1.80. The average molecular weight is 158 g/mol. The van der Waals surface area contributed by atoms with Gasteiger partial charge < -0.3 is 10.4 Å². The Labute approximate surface area is 63.7 Å². The number of aliphatic hydroxyl groups excluding tert-OH is 1. The van der Waals surface area contributed by atoms with Crippen LogP contribution in [0.5, 0.6) is 0 Å². The molecule has 0 aliphatic rings. The zero-order valence-electron chi connectivity index (χ0n) is 5.74.